The maximum absolute atomic E-state index is 12.6. The number of nitrogen functional groups attached to an aromatic ring is 1. The van der Waals surface area contributed by atoms with Gasteiger partial charge in [-0.15, -0.1) is 0 Å². The lowest BCUT2D eigenvalue weighted by Crippen LogP contribution is -2.35. The minimum Gasteiger partial charge on any atom is -0.384 e. The molecule has 18 heavy (non-hydrogen) atoms. The Kier molecular flexibility index (Phi) is 3.32. The number of alkyl halides is 3. The van der Waals surface area contributed by atoms with Gasteiger partial charge in [-0.3, -0.25) is 0 Å². The highest BCUT2D eigenvalue weighted by Gasteiger charge is 2.36. The van der Waals surface area contributed by atoms with Crippen molar-refractivity contribution in [1.29, 1.82) is 0 Å². The van der Waals surface area contributed by atoms with E-state index in [-0.39, 0.29) is 11.6 Å². The molecule has 1 aliphatic rings. The fraction of sp³-hybridized carbons (Fsp3) is 0.636. The Bertz CT molecular complexity index is 433. The zero-order chi connectivity index (χ0) is 13.3. The number of hydrogen-bond donors (Lipinski definition) is 1. The molecule has 1 saturated heterocycles. The average molecular weight is 260 g/mol. The van der Waals surface area contributed by atoms with Gasteiger partial charge in [0, 0.05) is 19.2 Å². The van der Waals surface area contributed by atoms with E-state index in [1.807, 2.05) is 4.90 Å². The molecule has 1 atom stereocenters. The summed E-state index contributed by atoms with van der Waals surface area (Å²) in [6.45, 7) is 3.48. The Morgan fingerprint density at radius 3 is 2.72 bits per heavy atom. The fourth-order valence-corrected chi connectivity index (χ4v) is 2.14. The molecule has 1 fully saturated rings. The van der Waals surface area contributed by atoms with E-state index in [0.717, 1.165) is 12.8 Å². The molecule has 100 valence electrons. The first-order valence-electron chi connectivity index (χ1n) is 5.83. The van der Waals surface area contributed by atoms with Crippen molar-refractivity contribution in [1.82, 2.24) is 9.97 Å². The summed E-state index contributed by atoms with van der Waals surface area (Å²) in [5, 5.41) is 0. The van der Waals surface area contributed by atoms with E-state index in [1.165, 1.54) is 6.07 Å². The van der Waals surface area contributed by atoms with Crippen LogP contribution in [0.3, 0.4) is 0 Å². The maximum Gasteiger partial charge on any atom is 0.451 e. The summed E-state index contributed by atoms with van der Waals surface area (Å²) in [5.74, 6) is -0.605. The molecule has 0 spiro atoms. The van der Waals surface area contributed by atoms with E-state index in [9.17, 15) is 13.2 Å². The number of hydrogen-bond acceptors (Lipinski definition) is 4. The minimum atomic E-state index is -4.56. The van der Waals surface area contributed by atoms with Crippen LogP contribution in [0.25, 0.3) is 0 Å². The SMILES string of the molecule is CC1CCCN(c2cc(N)nc(C(F)(F)F)n2)C1. The van der Waals surface area contributed by atoms with Crippen molar-refractivity contribution in [2.24, 2.45) is 5.92 Å². The smallest absolute Gasteiger partial charge is 0.384 e. The van der Waals surface area contributed by atoms with E-state index in [0.29, 0.717) is 19.0 Å². The van der Waals surface area contributed by atoms with Gasteiger partial charge < -0.3 is 10.6 Å². The predicted molar refractivity (Wildman–Crippen MR) is 62.1 cm³/mol. The first-order valence-corrected chi connectivity index (χ1v) is 5.83. The van der Waals surface area contributed by atoms with E-state index in [1.54, 1.807) is 0 Å². The van der Waals surface area contributed by atoms with E-state index in [4.69, 9.17) is 5.73 Å². The van der Waals surface area contributed by atoms with Crippen LogP contribution in [-0.4, -0.2) is 23.1 Å². The van der Waals surface area contributed by atoms with Crippen LogP contribution in [0.4, 0.5) is 24.8 Å². The largest absolute Gasteiger partial charge is 0.451 e. The molecule has 1 aliphatic heterocycles. The summed E-state index contributed by atoms with van der Waals surface area (Å²) < 4.78 is 37.8. The van der Waals surface area contributed by atoms with Crippen molar-refractivity contribution >= 4 is 11.6 Å². The summed E-state index contributed by atoms with van der Waals surface area (Å²) in [6.07, 6.45) is -2.53. The third-order valence-corrected chi connectivity index (χ3v) is 2.97. The van der Waals surface area contributed by atoms with Gasteiger partial charge in [-0.05, 0) is 18.8 Å². The van der Waals surface area contributed by atoms with E-state index in [2.05, 4.69) is 16.9 Å². The van der Waals surface area contributed by atoms with Crippen LogP contribution in [0.2, 0.25) is 0 Å². The number of halogens is 3. The summed E-state index contributed by atoms with van der Waals surface area (Å²) in [5.41, 5.74) is 5.42. The molecule has 1 aromatic heterocycles. The Morgan fingerprint density at radius 2 is 2.11 bits per heavy atom. The highest BCUT2D eigenvalue weighted by atomic mass is 19.4. The molecule has 4 nitrogen and oxygen atoms in total. The maximum atomic E-state index is 12.6. The van der Waals surface area contributed by atoms with Crippen LogP contribution in [0, 0.1) is 5.92 Å². The first kappa shape index (κ1) is 12.9. The molecule has 2 heterocycles. The predicted octanol–water partition coefficient (Wildman–Crippen LogP) is 2.31. The van der Waals surface area contributed by atoms with Crippen molar-refractivity contribution in [2.45, 2.75) is 25.9 Å². The summed E-state index contributed by atoms with van der Waals surface area (Å²) in [7, 11) is 0. The van der Waals surface area contributed by atoms with Gasteiger partial charge in [-0.25, -0.2) is 9.97 Å². The Hall–Kier alpha value is -1.53. The van der Waals surface area contributed by atoms with Crippen molar-refractivity contribution in [2.75, 3.05) is 23.7 Å². The van der Waals surface area contributed by atoms with Gasteiger partial charge in [0.25, 0.3) is 0 Å². The molecule has 1 aromatic rings. The van der Waals surface area contributed by atoms with Gasteiger partial charge in [0.1, 0.15) is 11.6 Å². The van der Waals surface area contributed by atoms with Gasteiger partial charge >= 0.3 is 6.18 Å². The normalized spacial score (nSPS) is 21.1. The Balaban J connectivity index is 2.30. The minimum absolute atomic E-state index is 0.148. The number of aromatic nitrogens is 2. The molecule has 0 amide bonds. The molecule has 0 saturated carbocycles. The molecular formula is C11H15F3N4. The van der Waals surface area contributed by atoms with Crippen molar-refractivity contribution in [3.05, 3.63) is 11.9 Å². The third kappa shape index (κ3) is 2.83. The molecule has 7 heteroatoms. The van der Waals surface area contributed by atoms with E-state index < -0.39 is 12.0 Å². The first-order chi connectivity index (χ1) is 8.36. The number of piperidine rings is 1. The average Bonchev–Trinajstić information content (AvgIpc) is 2.27. The van der Waals surface area contributed by atoms with Gasteiger partial charge in [0.05, 0.1) is 0 Å². The van der Waals surface area contributed by atoms with Gasteiger partial charge in [0.15, 0.2) is 0 Å². The lowest BCUT2D eigenvalue weighted by Gasteiger charge is -2.32. The van der Waals surface area contributed by atoms with Crippen molar-refractivity contribution in [3.8, 4) is 0 Å². The topological polar surface area (TPSA) is 55.0 Å². The molecule has 0 bridgehead atoms. The second-order valence-electron chi connectivity index (χ2n) is 4.67. The number of nitrogens with zero attached hydrogens (tertiary/aromatic N) is 3. The third-order valence-electron chi connectivity index (χ3n) is 2.97. The number of rotatable bonds is 1. The number of anilines is 2. The van der Waals surface area contributed by atoms with Crippen LogP contribution >= 0.6 is 0 Å². The fourth-order valence-electron chi connectivity index (χ4n) is 2.14. The molecule has 1 unspecified atom stereocenters. The summed E-state index contributed by atoms with van der Waals surface area (Å²) >= 11 is 0. The zero-order valence-electron chi connectivity index (χ0n) is 10.0. The van der Waals surface area contributed by atoms with Crippen molar-refractivity contribution in [3.63, 3.8) is 0 Å². The molecule has 2 N–H and O–H groups in total. The highest BCUT2D eigenvalue weighted by Crippen LogP contribution is 2.29. The molecule has 0 radical (unpaired) electrons. The Morgan fingerprint density at radius 1 is 1.39 bits per heavy atom. The lowest BCUT2D eigenvalue weighted by atomic mass is 10.0. The highest BCUT2D eigenvalue weighted by molar-refractivity contribution is 5.47. The monoisotopic (exact) mass is 260 g/mol. The van der Waals surface area contributed by atoms with Crippen LogP contribution in [-0.2, 0) is 6.18 Å². The second-order valence-corrected chi connectivity index (χ2v) is 4.67. The molecule has 0 aliphatic carbocycles. The lowest BCUT2D eigenvalue weighted by molar-refractivity contribution is -0.144. The second kappa shape index (κ2) is 4.62. The van der Waals surface area contributed by atoms with E-state index >= 15 is 0 Å². The Labute approximate surface area is 103 Å². The van der Waals surface area contributed by atoms with Crippen LogP contribution in [0.15, 0.2) is 6.07 Å². The quantitative estimate of drug-likeness (QED) is 0.842. The van der Waals surface area contributed by atoms with Gasteiger partial charge in [0.2, 0.25) is 5.82 Å². The van der Waals surface area contributed by atoms with Gasteiger partial charge in [-0.2, -0.15) is 13.2 Å². The molecular weight excluding hydrogens is 245 g/mol. The summed E-state index contributed by atoms with van der Waals surface area (Å²) in [6, 6.07) is 1.40. The van der Waals surface area contributed by atoms with Crippen LogP contribution < -0.4 is 10.6 Å². The van der Waals surface area contributed by atoms with Crippen molar-refractivity contribution < 1.29 is 13.2 Å². The zero-order valence-corrected chi connectivity index (χ0v) is 10.0. The van der Waals surface area contributed by atoms with Crippen LogP contribution in [0.5, 0.6) is 0 Å². The molecule has 0 aromatic carbocycles. The standard InChI is InChI=1S/C11H15F3N4/c1-7-3-2-4-18(6-7)9-5-8(15)16-10(17-9)11(12,13)14/h5,7H,2-4,6H2,1H3,(H2,15,16,17). The summed E-state index contributed by atoms with van der Waals surface area (Å²) in [4.78, 5) is 8.64. The van der Waals surface area contributed by atoms with Gasteiger partial charge in [-0.1, -0.05) is 6.92 Å². The van der Waals surface area contributed by atoms with Crippen LogP contribution in [0.1, 0.15) is 25.6 Å². The molecule has 2 rings (SSSR count). The number of nitrogens with two attached hydrogens (primary N) is 1.